The van der Waals surface area contributed by atoms with Gasteiger partial charge in [0.05, 0.1) is 7.11 Å². The van der Waals surface area contributed by atoms with Crippen molar-refractivity contribution in [1.82, 2.24) is 15.1 Å². The highest BCUT2D eigenvalue weighted by Gasteiger charge is 2.19. The maximum absolute atomic E-state index is 12.5. The Labute approximate surface area is 132 Å². The lowest BCUT2D eigenvalue weighted by Crippen LogP contribution is -2.46. The molecule has 0 bridgehead atoms. The molecule has 6 heteroatoms. The van der Waals surface area contributed by atoms with Crippen LogP contribution in [0.15, 0.2) is 18.2 Å². The Morgan fingerprint density at radius 1 is 1.27 bits per heavy atom. The Hall–Kier alpha value is -1.79. The number of methoxy groups -OCH3 is 1. The van der Waals surface area contributed by atoms with Crippen molar-refractivity contribution < 1.29 is 14.3 Å². The molecule has 2 rings (SSSR count). The van der Waals surface area contributed by atoms with Crippen LogP contribution < -0.4 is 14.8 Å². The van der Waals surface area contributed by atoms with Crippen LogP contribution in [0.25, 0.3) is 0 Å². The normalized spacial score (nSPS) is 15.0. The zero-order chi connectivity index (χ0) is 15.9. The van der Waals surface area contributed by atoms with Crippen LogP contribution in [0.4, 0.5) is 0 Å². The molecule has 1 saturated heterocycles. The molecule has 0 aliphatic carbocycles. The molecule has 0 radical (unpaired) electrons. The van der Waals surface area contributed by atoms with E-state index in [1.54, 1.807) is 25.3 Å². The van der Waals surface area contributed by atoms with Gasteiger partial charge >= 0.3 is 0 Å². The first-order chi connectivity index (χ1) is 10.6. The third-order valence-electron chi connectivity index (χ3n) is 3.61. The van der Waals surface area contributed by atoms with Gasteiger partial charge in [-0.15, -0.1) is 0 Å². The highest BCUT2D eigenvalue weighted by atomic mass is 16.5. The topological polar surface area (TPSA) is 54.0 Å². The minimum Gasteiger partial charge on any atom is -0.493 e. The number of ether oxygens (including phenoxy) is 2. The summed E-state index contributed by atoms with van der Waals surface area (Å²) in [7, 11) is 5.59. The Kier molecular flexibility index (Phi) is 6.03. The molecule has 0 atom stereocenters. The van der Waals surface area contributed by atoms with E-state index in [1.165, 1.54) is 0 Å². The number of piperazine rings is 1. The van der Waals surface area contributed by atoms with Gasteiger partial charge in [-0.2, -0.15) is 0 Å². The molecular formula is C16H25N3O3. The molecule has 0 spiro atoms. The van der Waals surface area contributed by atoms with Gasteiger partial charge in [0.2, 0.25) is 0 Å². The van der Waals surface area contributed by atoms with Crippen LogP contribution in [0.3, 0.4) is 0 Å². The fraction of sp³-hybridized carbons (Fsp3) is 0.562. The van der Waals surface area contributed by atoms with E-state index < -0.39 is 0 Å². The van der Waals surface area contributed by atoms with Crippen molar-refractivity contribution in [2.24, 2.45) is 0 Å². The third-order valence-corrected chi connectivity index (χ3v) is 3.61. The molecular weight excluding hydrogens is 282 g/mol. The zero-order valence-electron chi connectivity index (χ0n) is 13.6. The van der Waals surface area contributed by atoms with Crippen molar-refractivity contribution in [3.05, 3.63) is 23.8 Å². The zero-order valence-corrected chi connectivity index (χ0v) is 13.6. The smallest absolute Gasteiger partial charge is 0.254 e. The van der Waals surface area contributed by atoms with E-state index in [0.29, 0.717) is 23.7 Å². The Bertz CT molecular complexity index is 499. The monoisotopic (exact) mass is 307 g/mol. The van der Waals surface area contributed by atoms with E-state index in [1.807, 2.05) is 23.9 Å². The minimum absolute atomic E-state index is 0.0432. The second-order valence-corrected chi connectivity index (χ2v) is 5.56. The molecule has 22 heavy (non-hydrogen) atoms. The first-order valence-electron chi connectivity index (χ1n) is 7.57. The largest absolute Gasteiger partial charge is 0.493 e. The lowest BCUT2D eigenvalue weighted by Gasteiger charge is -2.27. The second kappa shape index (κ2) is 8.00. The molecule has 6 nitrogen and oxygen atoms in total. The number of nitrogens with zero attached hydrogens (tertiary/aromatic N) is 2. The summed E-state index contributed by atoms with van der Waals surface area (Å²) in [6, 6.07) is 5.36. The number of likely N-dealkylation sites (N-methyl/N-ethyl adjacent to an activating group) is 1. The van der Waals surface area contributed by atoms with Gasteiger partial charge in [0.15, 0.2) is 11.5 Å². The highest BCUT2D eigenvalue weighted by molar-refractivity contribution is 5.95. The predicted molar refractivity (Wildman–Crippen MR) is 85.8 cm³/mol. The quantitative estimate of drug-likeness (QED) is 0.838. The van der Waals surface area contributed by atoms with E-state index >= 15 is 0 Å². The second-order valence-electron chi connectivity index (χ2n) is 5.56. The summed E-state index contributed by atoms with van der Waals surface area (Å²) in [5.74, 6) is 1.31. The SMILES string of the molecule is COc1ccc(C(=O)N2CCNCC2)cc1OCCN(C)C. The fourth-order valence-electron chi connectivity index (χ4n) is 2.31. The summed E-state index contributed by atoms with van der Waals surface area (Å²) in [5.41, 5.74) is 0.641. The van der Waals surface area contributed by atoms with Crippen LogP contribution in [0.2, 0.25) is 0 Å². The van der Waals surface area contributed by atoms with E-state index in [-0.39, 0.29) is 5.91 Å². The van der Waals surface area contributed by atoms with Crippen LogP contribution in [-0.4, -0.2) is 76.2 Å². The van der Waals surface area contributed by atoms with Crippen molar-refractivity contribution in [2.75, 3.05) is 60.5 Å². The Balaban J connectivity index is 2.09. The van der Waals surface area contributed by atoms with Gasteiger partial charge in [-0.25, -0.2) is 0 Å². The number of hydrogen-bond acceptors (Lipinski definition) is 5. The van der Waals surface area contributed by atoms with Crippen molar-refractivity contribution in [3.8, 4) is 11.5 Å². The van der Waals surface area contributed by atoms with E-state index in [4.69, 9.17) is 9.47 Å². The highest BCUT2D eigenvalue weighted by Crippen LogP contribution is 2.28. The number of benzene rings is 1. The summed E-state index contributed by atoms with van der Waals surface area (Å²) in [6.07, 6.45) is 0. The fourth-order valence-corrected chi connectivity index (χ4v) is 2.31. The van der Waals surface area contributed by atoms with Crippen molar-refractivity contribution in [3.63, 3.8) is 0 Å². The molecule has 1 aromatic rings. The Morgan fingerprint density at radius 3 is 2.64 bits per heavy atom. The van der Waals surface area contributed by atoms with Crippen LogP contribution in [0.5, 0.6) is 11.5 Å². The molecule has 0 saturated carbocycles. The minimum atomic E-state index is 0.0432. The van der Waals surface area contributed by atoms with E-state index in [0.717, 1.165) is 32.7 Å². The maximum Gasteiger partial charge on any atom is 0.254 e. The van der Waals surface area contributed by atoms with Crippen LogP contribution in [0.1, 0.15) is 10.4 Å². The number of hydrogen-bond donors (Lipinski definition) is 1. The molecule has 122 valence electrons. The van der Waals surface area contributed by atoms with Crippen molar-refractivity contribution in [1.29, 1.82) is 0 Å². The average Bonchev–Trinajstić information content (AvgIpc) is 2.54. The number of nitrogens with one attached hydrogen (secondary N) is 1. The Morgan fingerprint density at radius 2 is 2.00 bits per heavy atom. The van der Waals surface area contributed by atoms with Crippen LogP contribution >= 0.6 is 0 Å². The summed E-state index contributed by atoms with van der Waals surface area (Å²) in [6.45, 7) is 4.51. The van der Waals surface area contributed by atoms with Crippen LogP contribution in [0, 0.1) is 0 Å². The lowest BCUT2D eigenvalue weighted by molar-refractivity contribution is 0.0735. The molecule has 1 heterocycles. The number of rotatable bonds is 6. The van der Waals surface area contributed by atoms with Gasteiger partial charge < -0.3 is 24.6 Å². The van der Waals surface area contributed by atoms with Crippen LogP contribution in [-0.2, 0) is 0 Å². The summed E-state index contributed by atoms with van der Waals surface area (Å²) in [5, 5.41) is 3.25. The van der Waals surface area contributed by atoms with Crippen molar-refractivity contribution in [2.45, 2.75) is 0 Å². The average molecular weight is 307 g/mol. The standard InChI is InChI=1S/C16H25N3O3/c1-18(2)10-11-22-15-12-13(4-5-14(15)21-3)16(20)19-8-6-17-7-9-19/h4-5,12,17H,6-11H2,1-3H3. The third kappa shape index (κ3) is 4.35. The number of amides is 1. The van der Waals surface area contributed by atoms with Gasteiger partial charge in [0, 0.05) is 38.3 Å². The van der Waals surface area contributed by atoms with Gasteiger partial charge in [-0.3, -0.25) is 4.79 Å². The molecule has 1 N–H and O–H groups in total. The number of carbonyl (C=O) groups is 1. The molecule has 0 unspecified atom stereocenters. The van der Waals surface area contributed by atoms with E-state index in [9.17, 15) is 4.79 Å². The molecule has 1 aromatic carbocycles. The van der Waals surface area contributed by atoms with Gasteiger partial charge in [-0.1, -0.05) is 0 Å². The molecule has 1 aliphatic heterocycles. The predicted octanol–water partition coefficient (Wildman–Crippen LogP) is 0.681. The molecule has 0 aromatic heterocycles. The summed E-state index contributed by atoms with van der Waals surface area (Å²) in [4.78, 5) is 16.4. The van der Waals surface area contributed by atoms with Gasteiger partial charge in [0.25, 0.3) is 5.91 Å². The molecule has 1 fully saturated rings. The van der Waals surface area contributed by atoms with Gasteiger partial charge in [0.1, 0.15) is 6.61 Å². The maximum atomic E-state index is 12.5. The molecule has 1 aliphatic rings. The first-order valence-corrected chi connectivity index (χ1v) is 7.57. The number of carbonyl (C=O) groups excluding carboxylic acids is 1. The lowest BCUT2D eigenvalue weighted by atomic mass is 10.1. The van der Waals surface area contributed by atoms with Crippen molar-refractivity contribution >= 4 is 5.91 Å². The van der Waals surface area contributed by atoms with Gasteiger partial charge in [-0.05, 0) is 32.3 Å². The van der Waals surface area contributed by atoms with E-state index in [2.05, 4.69) is 5.32 Å². The first kappa shape index (κ1) is 16.6. The summed E-state index contributed by atoms with van der Waals surface area (Å²) < 4.78 is 11.1. The summed E-state index contributed by atoms with van der Waals surface area (Å²) >= 11 is 0. The molecule has 1 amide bonds.